The molecule has 3 aromatic rings. The molecule has 0 aliphatic rings. The number of halogens is 1. The lowest BCUT2D eigenvalue weighted by molar-refractivity contribution is -0.136. The molecular formula is C28H29BrN4O6. The average molecular weight is 597 g/mol. The Kier molecular flexibility index (Phi) is 10.9. The Morgan fingerprint density at radius 3 is 2.38 bits per heavy atom. The van der Waals surface area contributed by atoms with Crippen LogP contribution in [-0.4, -0.2) is 44.3 Å². The first-order valence-electron chi connectivity index (χ1n) is 12.0. The number of hydrogen-bond acceptors (Lipinski definition) is 7. The van der Waals surface area contributed by atoms with Crippen molar-refractivity contribution in [2.24, 2.45) is 5.10 Å². The van der Waals surface area contributed by atoms with Crippen molar-refractivity contribution in [2.75, 3.05) is 31.0 Å². The van der Waals surface area contributed by atoms with Crippen molar-refractivity contribution in [3.05, 3.63) is 76.3 Å². The standard InChI is InChI=1S/C28H29BrN4O6/c1-4-13-38-22-9-7-21(8-10-22)31-27(35)28(36)33-30-16-19-5-12-24(25(15-19)37-3)39-17-26(34)32-23-11-6-20(29)14-18(23)2/h5-12,14-16H,4,13,17H2,1-3H3,(H,31,35)(H,32,34)(H,33,36)/b30-16-. The second kappa shape index (κ2) is 14.5. The van der Waals surface area contributed by atoms with Gasteiger partial charge in [0.05, 0.1) is 19.9 Å². The van der Waals surface area contributed by atoms with Crippen LogP contribution in [0, 0.1) is 6.92 Å². The topological polar surface area (TPSA) is 127 Å². The number of hydrogen-bond donors (Lipinski definition) is 3. The number of aryl methyl sites for hydroxylation is 1. The zero-order valence-electron chi connectivity index (χ0n) is 21.7. The molecule has 0 fully saturated rings. The van der Waals surface area contributed by atoms with Crippen LogP contribution in [0.15, 0.2) is 70.2 Å². The molecule has 3 amide bonds. The molecule has 0 aliphatic heterocycles. The minimum atomic E-state index is -0.934. The van der Waals surface area contributed by atoms with E-state index in [4.69, 9.17) is 14.2 Å². The van der Waals surface area contributed by atoms with Crippen LogP contribution in [0.2, 0.25) is 0 Å². The van der Waals surface area contributed by atoms with Crippen molar-refractivity contribution in [2.45, 2.75) is 20.3 Å². The Bertz CT molecular complexity index is 1340. The second-order valence-corrected chi connectivity index (χ2v) is 9.15. The predicted molar refractivity (Wildman–Crippen MR) is 153 cm³/mol. The molecule has 10 nitrogen and oxygen atoms in total. The summed E-state index contributed by atoms with van der Waals surface area (Å²) in [5.74, 6) is -0.734. The van der Waals surface area contributed by atoms with Crippen LogP contribution in [0.25, 0.3) is 0 Å². The lowest BCUT2D eigenvalue weighted by atomic mass is 10.2. The number of nitrogens with one attached hydrogen (secondary N) is 3. The van der Waals surface area contributed by atoms with E-state index in [1.165, 1.54) is 13.3 Å². The molecule has 11 heteroatoms. The lowest BCUT2D eigenvalue weighted by Crippen LogP contribution is -2.32. The molecule has 0 bridgehead atoms. The molecule has 0 saturated carbocycles. The minimum absolute atomic E-state index is 0.223. The first-order valence-corrected chi connectivity index (χ1v) is 12.8. The lowest BCUT2D eigenvalue weighted by Gasteiger charge is -2.12. The van der Waals surface area contributed by atoms with Gasteiger partial charge in [-0.15, -0.1) is 0 Å². The summed E-state index contributed by atoms with van der Waals surface area (Å²) in [6.07, 6.45) is 2.23. The van der Waals surface area contributed by atoms with Crippen LogP contribution in [0.4, 0.5) is 11.4 Å². The Morgan fingerprint density at radius 1 is 0.923 bits per heavy atom. The number of benzene rings is 3. The molecular weight excluding hydrogens is 568 g/mol. The van der Waals surface area contributed by atoms with Gasteiger partial charge in [0.25, 0.3) is 5.91 Å². The van der Waals surface area contributed by atoms with Gasteiger partial charge in [-0.05, 0) is 85.1 Å². The summed E-state index contributed by atoms with van der Waals surface area (Å²) in [6.45, 7) is 4.27. The highest BCUT2D eigenvalue weighted by molar-refractivity contribution is 9.10. The summed E-state index contributed by atoms with van der Waals surface area (Å²) >= 11 is 3.39. The summed E-state index contributed by atoms with van der Waals surface area (Å²) in [5, 5.41) is 9.12. The van der Waals surface area contributed by atoms with E-state index in [0.717, 1.165) is 16.5 Å². The van der Waals surface area contributed by atoms with Gasteiger partial charge in [-0.2, -0.15) is 5.10 Å². The highest BCUT2D eigenvalue weighted by atomic mass is 79.9. The molecule has 0 spiro atoms. The number of ether oxygens (including phenoxy) is 3. The fourth-order valence-electron chi connectivity index (χ4n) is 3.24. The van der Waals surface area contributed by atoms with Crippen LogP contribution in [0.1, 0.15) is 24.5 Å². The maximum absolute atomic E-state index is 12.3. The van der Waals surface area contributed by atoms with Crippen molar-refractivity contribution in [1.82, 2.24) is 5.43 Å². The smallest absolute Gasteiger partial charge is 0.329 e. The molecule has 3 N–H and O–H groups in total. The predicted octanol–water partition coefficient (Wildman–Crippen LogP) is 4.66. The van der Waals surface area contributed by atoms with Crippen LogP contribution in [0.3, 0.4) is 0 Å². The molecule has 0 heterocycles. The van der Waals surface area contributed by atoms with E-state index >= 15 is 0 Å². The molecule has 39 heavy (non-hydrogen) atoms. The van der Waals surface area contributed by atoms with Crippen LogP contribution in [0.5, 0.6) is 17.2 Å². The number of nitrogens with zero attached hydrogens (tertiary/aromatic N) is 1. The molecule has 0 aliphatic carbocycles. The van der Waals surface area contributed by atoms with Gasteiger partial charge in [-0.1, -0.05) is 22.9 Å². The van der Waals surface area contributed by atoms with E-state index in [0.29, 0.717) is 40.8 Å². The number of methoxy groups -OCH3 is 1. The van der Waals surface area contributed by atoms with Gasteiger partial charge in [0.15, 0.2) is 18.1 Å². The van der Waals surface area contributed by atoms with Gasteiger partial charge in [0.2, 0.25) is 0 Å². The Balaban J connectivity index is 1.50. The van der Waals surface area contributed by atoms with Gasteiger partial charge in [0, 0.05) is 15.8 Å². The Labute approximate surface area is 234 Å². The largest absolute Gasteiger partial charge is 0.494 e. The monoisotopic (exact) mass is 596 g/mol. The zero-order chi connectivity index (χ0) is 28.2. The van der Waals surface area contributed by atoms with Crippen LogP contribution in [-0.2, 0) is 14.4 Å². The number of carbonyl (C=O) groups is 3. The highest BCUT2D eigenvalue weighted by Crippen LogP contribution is 2.28. The molecule has 3 aromatic carbocycles. The summed E-state index contributed by atoms with van der Waals surface area (Å²) < 4.78 is 17.4. The van der Waals surface area contributed by atoms with Gasteiger partial charge >= 0.3 is 11.8 Å². The van der Waals surface area contributed by atoms with Gasteiger partial charge in [0.1, 0.15) is 5.75 Å². The molecule has 0 unspecified atom stereocenters. The number of rotatable bonds is 11. The van der Waals surface area contributed by atoms with Gasteiger partial charge < -0.3 is 24.8 Å². The van der Waals surface area contributed by atoms with E-state index in [1.807, 2.05) is 26.0 Å². The van der Waals surface area contributed by atoms with E-state index in [1.54, 1.807) is 48.5 Å². The van der Waals surface area contributed by atoms with Gasteiger partial charge in [-0.3, -0.25) is 14.4 Å². The van der Waals surface area contributed by atoms with Crippen molar-refractivity contribution in [1.29, 1.82) is 0 Å². The molecule has 0 atom stereocenters. The van der Waals surface area contributed by atoms with Crippen molar-refractivity contribution < 1.29 is 28.6 Å². The maximum atomic E-state index is 12.3. The number of hydrazone groups is 1. The minimum Gasteiger partial charge on any atom is -0.494 e. The third-order valence-electron chi connectivity index (χ3n) is 5.18. The second-order valence-electron chi connectivity index (χ2n) is 8.23. The van der Waals surface area contributed by atoms with E-state index in [9.17, 15) is 14.4 Å². The number of carbonyl (C=O) groups excluding carboxylic acids is 3. The summed E-state index contributed by atoms with van der Waals surface area (Å²) in [5.41, 5.74) is 4.80. The van der Waals surface area contributed by atoms with E-state index < -0.39 is 11.8 Å². The number of amides is 3. The molecule has 3 rings (SSSR count). The normalized spacial score (nSPS) is 10.6. The Morgan fingerprint density at radius 2 is 1.69 bits per heavy atom. The molecule has 0 aromatic heterocycles. The summed E-state index contributed by atoms with van der Waals surface area (Å²) in [7, 11) is 1.46. The van der Waals surface area contributed by atoms with E-state index in [2.05, 4.69) is 37.1 Å². The third kappa shape index (κ3) is 9.15. The van der Waals surface area contributed by atoms with Crippen molar-refractivity contribution in [3.63, 3.8) is 0 Å². The fourth-order valence-corrected chi connectivity index (χ4v) is 3.71. The third-order valence-corrected chi connectivity index (χ3v) is 5.67. The Hall–Kier alpha value is -4.38. The SMILES string of the molecule is CCCOc1ccc(NC(=O)C(=O)N/N=C\c2ccc(OCC(=O)Nc3ccc(Br)cc3C)c(OC)c2)cc1. The molecule has 0 saturated heterocycles. The van der Waals surface area contributed by atoms with Crippen LogP contribution < -0.4 is 30.3 Å². The molecule has 0 radical (unpaired) electrons. The maximum Gasteiger partial charge on any atom is 0.329 e. The summed E-state index contributed by atoms with van der Waals surface area (Å²) in [4.78, 5) is 36.6. The zero-order valence-corrected chi connectivity index (χ0v) is 23.3. The first-order chi connectivity index (χ1) is 18.8. The van der Waals surface area contributed by atoms with Crippen molar-refractivity contribution in [3.8, 4) is 17.2 Å². The van der Waals surface area contributed by atoms with Crippen LogP contribution >= 0.6 is 15.9 Å². The first kappa shape index (κ1) is 29.2. The average Bonchev–Trinajstić information content (AvgIpc) is 2.93. The fraction of sp³-hybridized carbons (Fsp3) is 0.214. The quantitative estimate of drug-likeness (QED) is 0.168. The summed E-state index contributed by atoms with van der Waals surface area (Å²) in [6, 6.07) is 17.1. The number of anilines is 2. The highest BCUT2D eigenvalue weighted by Gasteiger charge is 2.13. The van der Waals surface area contributed by atoms with E-state index in [-0.39, 0.29) is 12.5 Å². The van der Waals surface area contributed by atoms with Gasteiger partial charge in [-0.25, -0.2) is 5.43 Å². The molecule has 204 valence electrons. The van der Waals surface area contributed by atoms with Crippen molar-refractivity contribution >= 4 is 51.2 Å².